The zero-order valence-corrected chi connectivity index (χ0v) is 16.9. The Kier molecular flexibility index (Phi) is 6.29. The summed E-state index contributed by atoms with van der Waals surface area (Å²) in [6.07, 6.45) is 1.74. The van der Waals surface area contributed by atoms with Gasteiger partial charge >= 0.3 is 0 Å². The Balaban J connectivity index is 1.60. The van der Waals surface area contributed by atoms with Gasteiger partial charge in [0.1, 0.15) is 0 Å². The molecule has 0 saturated carbocycles. The number of carbonyl (C=O) groups is 1. The van der Waals surface area contributed by atoms with Crippen LogP contribution in [0.2, 0.25) is 0 Å². The van der Waals surface area contributed by atoms with Gasteiger partial charge in [0.2, 0.25) is 10.0 Å². The van der Waals surface area contributed by atoms with E-state index in [-0.39, 0.29) is 22.4 Å². The first-order chi connectivity index (χ1) is 13.8. The second kappa shape index (κ2) is 8.71. The fourth-order valence-corrected chi connectivity index (χ4v) is 4.76. The zero-order valence-electron chi connectivity index (χ0n) is 16.1. The fourth-order valence-electron chi connectivity index (χ4n) is 3.25. The lowest BCUT2D eigenvalue weighted by Gasteiger charge is -2.16. The third-order valence-electron chi connectivity index (χ3n) is 5.06. The molecule has 0 aliphatic carbocycles. The lowest BCUT2D eigenvalue weighted by atomic mass is 10.0. The van der Waals surface area contributed by atoms with Crippen molar-refractivity contribution in [3.05, 3.63) is 69.8 Å². The van der Waals surface area contributed by atoms with Crippen LogP contribution in [0.3, 0.4) is 0 Å². The van der Waals surface area contributed by atoms with E-state index in [2.05, 4.69) is 5.32 Å². The van der Waals surface area contributed by atoms with E-state index in [9.17, 15) is 23.3 Å². The maximum absolute atomic E-state index is 12.5. The van der Waals surface area contributed by atoms with E-state index < -0.39 is 14.9 Å². The third kappa shape index (κ3) is 4.80. The summed E-state index contributed by atoms with van der Waals surface area (Å²) in [6.45, 7) is 3.33. The van der Waals surface area contributed by atoms with Crippen molar-refractivity contribution < 1.29 is 18.1 Å². The normalized spacial score (nSPS) is 15.8. The Morgan fingerprint density at radius 3 is 2.24 bits per heavy atom. The molecule has 0 aromatic heterocycles. The van der Waals surface area contributed by atoms with Gasteiger partial charge < -0.3 is 5.32 Å². The van der Waals surface area contributed by atoms with Crippen molar-refractivity contribution in [2.75, 3.05) is 19.6 Å². The van der Waals surface area contributed by atoms with E-state index in [0.717, 1.165) is 18.4 Å². The molecule has 1 N–H and O–H groups in total. The average Bonchev–Trinajstić information content (AvgIpc) is 3.27. The summed E-state index contributed by atoms with van der Waals surface area (Å²) in [5, 5.41) is 13.5. The number of amides is 1. The second-order valence-corrected chi connectivity index (χ2v) is 9.03. The van der Waals surface area contributed by atoms with Crippen molar-refractivity contribution in [3.8, 4) is 0 Å². The van der Waals surface area contributed by atoms with Crippen molar-refractivity contribution in [1.82, 2.24) is 9.62 Å². The summed E-state index contributed by atoms with van der Waals surface area (Å²) >= 11 is 0. The molecule has 1 unspecified atom stereocenters. The summed E-state index contributed by atoms with van der Waals surface area (Å²) in [5.41, 5.74) is 1.28. The van der Waals surface area contributed by atoms with Gasteiger partial charge in [0, 0.05) is 37.3 Å². The predicted molar refractivity (Wildman–Crippen MR) is 108 cm³/mol. The van der Waals surface area contributed by atoms with Crippen LogP contribution in [-0.4, -0.2) is 43.2 Å². The van der Waals surface area contributed by atoms with Crippen molar-refractivity contribution >= 4 is 21.6 Å². The second-order valence-electron chi connectivity index (χ2n) is 7.10. The molecule has 1 fully saturated rings. The van der Waals surface area contributed by atoms with Crippen LogP contribution in [0.1, 0.15) is 41.6 Å². The highest BCUT2D eigenvalue weighted by Gasteiger charge is 2.27. The lowest BCUT2D eigenvalue weighted by molar-refractivity contribution is -0.384. The van der Waals surface area contributed by atoms with Crippen LogP contribution in [0.4, 0.5) is 5.69 Å². The maximum atomic E-state index is 12.5. The van der Waals surface area contributed by atoms with E-state index in [1.807, 2.05) is 6.92 Å². The van der Waals surface area contributed by atoms with E-state index in [1.165, 1.54) is 40.7 Å². The number of rotatable bonds is 7. The summed E-state index contributed by atoms with van der Waals surface area (Å²) in [6, 6.07) is 12.2. The maximum Gasteiger partial charge on any atom is 0.269 e. The Hall–Kier alpha value is -2.78. The van der Waals surface area contributed by atoms with Crippen LogP contribution >= 0.6 is 0 Å². The first-order valence-electron chi connectivity index (χ1n) is 9.42. The number of nitro benzene ring substituents is 1. The highest BCUT2D eigenvalue weighted by Crippen LogP contribution is 2.21. The van der Waals surface area contributed by atoms with Crippen LogP contribution in [0.5, 0.6) is 0 Å². The Labute approximate surface area is 169 Å². The number of carbonyl (C=O) groups excluding carboxylic acids is 1. The number of sulfonamides is 1. The monoisotopic (exact) mass is 417 g/mol. The Morgan fingerprint density at radius 2 is 1.69 bits per heavy atom. The molecular formula is C20H23N3O5S. The molecule has 2 aromatic rings. The molecule has 154 valence electrons. The quantitative estimate of drug-likeness (QED) is 0.550. The van der Waals surface area contributed by atoms with Crippen LogP contribution in [0.25, 0.3) is 0 Å². The van der Waals surface area contributed by atoms with E-state index in [4.69, 9.17) is 0 Å². The fraction of sp³-hybridized carbons (Fsp3) is 0.350. The van der Waals surface area contributed by atoms with Gasteiger partial charge in [0.05, 0.1) is 9.82 Å². The molecule has 0 radical (unpaired) electrons. The molecule has 1 aliphatic heterocycles. The van der Waals surface area contributed by atoms with Gasteiger partial charge in [-0.25, -0.2) is 8.42 Å². The average molecular weight is 417 g/mol. The van der Waals surface area contributed by atoms with E-state index in [1.54, 1.807) is 12.1 Å². The minimum atomic E-state index is -3.50. The molecule has 29 heavy (non-hydrogen) atoms. The summed E-state index contributed by atoms with van der Waals surface area (Å²) in [4.78, 5) is 22.8. The highest BCUT2D eigenvalue weighted by atomic mass is 32.2. The molecule has 3 rings (SSSR count). The van der Waals surface area contributed by atoms with Crippen LogP contribution in [-0.2, 0) is 10.0 Å². The number of nitro groups is 1. The lowest BCUT2D eigenvalue weighted by Crippen LogP contribution is -2.29. The van der Waals surface area contributed by atoms with Gasteiger partial charge in [-0.3, -0.25) is 14.9 Å². The number of hydrogen-bond donors (Lipinski definition) is 1. The summed E-state index contributed by atoms with van der Waals surface area (Å²) in [5.74, 6) is -0.335. The Morgan fingerprint density at radius 1 is 1.10 bits per heavy atom. The SMILES string of the molecule is CC(CNC(=O)c1ccc(S(=O)(=O)N2CCCC2)cc1)c1ccc([N+](=O)[O-])cc1. The number of non-ortho nitro benzene ring substituents is 1. The van der Waals surface area contributed by atoms with Gasteiger partial charge in [-0.05, 0) is 48.6 Å². The van der Waals surface area contributed by atoms with Gasteiger partial charge in [-0.15, -0.1) is 0 Å². The summed E-state index contributed by atoms with van der Waals surface area (Å²) < 4.78 is 26.5. The number of nitrogens with zero attached hydrogens (tertiary/aromatic N) is 2. The number of benzene rings is 2. The minimum absolute atomic E-state index is 0.0222. The molecule has 0 spiro atoms. The molecule has 8 nitrogen and oxygen atoms in total. The van der Waals surface area contributed by atoms with Crippen molar-refractivity contribution in [3.63, 3.8) is 0 Å². The minimum Gasteiger partial charge on any atom is -0.351 e. The zero-order chi connectivity index (χ0) is 21.0. The van der Waals surface area contributed by atoms with Crippen molar-refractivity contribution in [2.45, 2.75) is 30.6 Å². The largest absolute Gasteiger partial charge is 0.351 e. The molecule has 2 aromatic carbocycles. The molecule has 1 saturated heterocycles. The number of nitrogens with one attached hydrogen (secondary N) is 1. The third-order valence-corrected chi connectivity index (χ3v) is 6.97. The molecule has 1 amide bonds. The molecule has 0 bridgehead atoms. The van der Waals surface area contributed by atoms with Gasteiger partial charge in [-0.2, -0.15) is 4.31 Å². The van der Waals surface area contributed by atoms with Gasteiger partial charge in [0.25, 0.3) is 11.6 Å². The highest BCUT2D eigenvalue weighted by molar-refractivity contribution is 7.89. The molecular weight excluding hydrogens is 394 g/mol. The van der Waals surface area contributed by atoms with Crippen molar-refractivity contribution in [1.29, 1.82) is 0 Å². The molecule has 9 heteroatoms. The van der Waals surface area contributed by atoms with E-state index >= 15 is 0 Å². The van der Waals surface area contributed by atoms with Crippen LogP contribution in [0.15, 0.2) is 53.4 Å². The molecule has 1 heterocycles. The first kappa shape index (κ1) is 20.9. The molecule has 1 atom stereocenters. The standard InChI is InChI=1S/C20H23N3O5S/c1-15(16-4-8-18(9-5-16)23(25)26)14-21-20(24)17-6-10-19(11-7-17)29(27,28)22-12-2-3-13-22/h4-11,15H,2-3,12-14H2,1H3,(H,21,24). The van der Waals surface area contributed by atoms with Crippen molar-refractivity contribution in [2.24, 2.45) is 0 Å². The van der Waals surface area contributed by atoms with Gasteiger partial charge in [0.15, 0.2) is 0 Å². The topological polar surface area (TPSA) is 110 Å². The summed E-state index contributed by atoms with van der Waals surface area (Å²) in [7, 11) is -3.50. The van der Waals surface area contributed by atoms with E-state index in [0.29, 0.717) is 25.2 Å². The first-order valence-corrected chi connectivity index (χ1v) is 10.9. The van der Waals surface area contributed by atoms with Crippen LogP contribution < -0.4 is 5.32 Å². The van der Waals surface area contributed by atoms with Gasteiger partial charge in [-0.1, -0.05) is 19.1 Å². The molecule has 1 aliphatic rings. The predicted octanol–water partition coefficient (Wildman–Crippen LogP) is 2.91. The number of hydrogen-bond acceptors (Lipinski definition) is 5. The Bertz CT molecular complexity index is 982. The smallest absolute Gasteiger partial charge is 0.269 e. The van der Waals surface area contributed by atoms with Crippen LogP contribution in [0, 0.1) is 10.1 Å².